The Morgan fingerprint density at radius 3 is 2.74 bits per heavy atom. The summed E-state index contributed by atoms with van der Waals surface area (Å²) in [5.41, 5.74) is 1.40. The summed E-state index contributed by atoms with van der Waals surface area (Å²) in [7, 11) is 0. The molecule has 0 atom stereocenters. The summed E-state index contributed by atoms with van der Waals surface area (Å²) in [6.07, 6.45) is 0.802. The van der Waals surface area contributed by atoms with Crippen LogP contribution in [0.25, 0.3) is 4.96 Å². The number of nitrogens with zero attached hydrogens (tertiary/aromatic N) is 3. The van der Waals surface area contributed by atoms with E-state index in [0.29, 0.717) is 45.1 Å². The highest BCUT2D eigenvalue weighted by molar-refractivity contribution is 7.16. The maximum Gasteiger partial charge on any atom is 0.275 e. The van der Waals surface area contributed by atoms with Crippen LogP contribution in [-0.4, -0.2) is 27.3 Å². The number of anilines is 1. The predicted molar refractivity (Wildman–Crippen MR) is 127 cm³/mol. The first-order valence-corrected chi connectivity index (χ1v) is 11.6. The van der Waals surface area contributed by atoms with Crippen LogP contribution in [0.3, 0.4) is 0 Å². The molecule has 0 unspecified atom stereocenters. The van der Waals surface area contributed by atoms with Crippen molar-refractivity contribution in [2.45, 2.75) is 26.9 Å². The molecule has 174 valence electrons. The number of fused-ring (bicyclic) bond motifs is 2. The van der Waals surface area contributed by atoms with Crippen molar-refractivity contribution in [2.24, 2.45) is 5.92 Å². The molecule has 10 heteroatoms. The van der Waals surface area contributed by atoms with Gasteiger partial charge < -0.3 is 19.5 Å². The van der Waals surface area contributed by atoms with Gasteiger partial charge in [0.15, 0.2) is 11.5 Å². The Morgan fingerprint density at radius 2 is 1.94 bits per heavy atom. The number of rotatable bonds is 7. The van der Waals surface area contributed by atoms with E-state index in [4.69, 9.17) is 14.2 Å². The molecule has 0 aliphatic carbocycles. The fraction of sp³-hybridized carbons (Fsp3) is 0.250. The number of aromatic nitrogens is 3. The largest absolute Gasteiger partial charge is 0.487 e. The second-order valence-electron chi connectivity index (χ2n) is 8.21. The standard InChI is InChI=1S/C24H22N4O5S/c1-14(2)9-21-27-28-22(29)11-17(26-24(28)34-21)12-31-18-6-4-16(5-7-18)25-23(30)15-3-8-19-20(10-15)33-13-32-19/h3-8,10-11,14H,9,12-13H2,1-2H3,(H,25,30). The zero-order valence-corrected chi connectivity index (χ0v) is 19.4. The first kappa shape index (κ1) is 21.9. The van der Waals surface area contributed by atoms with E-state index in [2.05, 4.69) is 29.2 Å². The molecule has 1 N–H and O–H groups in total. The maximum atomic E-state index is 12.5. The zero-order chi connectivity index (χ0) is 23.7. The monoisotopic (exact) mass is 478 g/mol. The van der Waals surface area contributed by atoms with Crippen molar-refractivity contribution in [3.05, 3.63) is 75.1 Å². The molecule has 0 fully saturated rings. The van der Waals surface area contributed by atoms with Gasteiger partial charge in [-0.25, -0.2) is 4.98 Å². The number of ether oxygens (including phenoxy) is 3. The number of carbonyl (C=O) groups excluding carboxylic acids is 1. The van der Waals surface area contributed by atoms with Crippen molar-refractivity contribution < 1.29 is 19.0 Å². The predicted octanol–water partition coefficient (Wildman–Crippen LogP) is 3.91. The molecular formula is C24H22N4O5S. The third kappa shape index (κ3) is 4.72. The lowest BCUT2D eigenvalue weighted by Gasteiger charge is -2.08. The molecule has 0 spiro atoms. The Bertz CT molecular complexity index is 1410. The molecular weight excluding hydrogens is 456 g/mol. The van der Waals surface area contributed by atoms with Crippen LogP contribution in [0.15, 0.2) is 53.3 Å². The van der Waals surface area contributed by atoms with Gasteiger partial charge in [-0.15, -0.1) is 0 Å². The van der Waals surface area contributed by atoms with Gasteiger partial charge in [-0.1, -0.05) is 25.2 Å². The smallest absolute Gasteiger partial charge is 0.275 e. The van der Waals surface area contributed by atoms with Crippen molar-refractivity contribution in [2.75, 3.05) is 12.1 Å². The van der Waals surface area contributed by atoms with Gasteiger partial charge in [-0.05, 0) is 48.4 Å². The molecule has 2 aromatic carbocycles. The van der Waals surface area contributed by atoms with Gasteiger partial charge in [0.05, 0.1) is 5.69 Å². The number of hydrogen-bond acceptors (Lipinski definition) is 8. The van der Waals surface area contributed by atoms with Crippen molar-refractivity contribution in [3.8, 4) is 17.2 Å². The van der Waals surface area contributed by atoms with Crippen molar-refractivity contribution in [1.29, 1.82) is 0 Å². The maximum absolute atomic E-state index is 12.5. The molecule has 0 saturated carbocycles. The van der Waals surface area contributed by atoms with Crippen LogP contribution in [-0.2, 0) is 13.0 Å². The molecule has 3 heterocycles. The van der Waals surface area contributed by atoms with E-state index in [1.54, 1.807) is 42.5 Å². The lowest BCUT2D eigenvalue weighted by atomic mass is 10.1. The number of benzene rings is 2. The minimum atomic E-state index is -0.258. The van der Waals surface area contributed by atoms with Gasteiger partial charge in [0.1, 0.15) is 17.4 Å². The molecule has 4 aromatic rings. The molecule has 9 nitrogen and oxygen atoms in total. The van der Waals surface area contributed by atoms with Gasteiger partial charge in [0, 0.05) is 23.7 Å². The summed E-state index contributed by atoms with van der Waals surface area (Å²) in [6, 6.07) is 13.5. The molecule has 0 radical (unpaired) electrons. The second kappa shape index (κ2) is 9.14. The Kier molecular flexibility index (Phi) is 5.89. The fourth-order valence-corrected chi connectivity index (χ4v) is 4.56. The van der Waals surface area contributed by atoms with E-state index < -0.39 is 0 Å². The van der Waals surface area contributed by atoms with Crippen molar-refractivity contribution >= 4 is 27.9 Å². The normalized spacial score (nSPS) is 12.3. The quantitative estimate of drug-likeness (QED) is 0.429. The first-order chi connectivity index (χ1) is 16.4. The summed E-state index contributed by atoms with van der Waals surface area (Å²) < 4.78 is 17.7. The van der Waals surface area contributed by atoms with E-state index in [0.717, 1.165) is 11.4 Å². The SMILES string of the molecule is CC(C)Cc1nn2c(=O)cc(COc3ccc(NC(=O)c4ccc5c(c4)OCO5)cc3)nc2s1. The van der Waals surface area contributed by atoms with Crippen LogP contribution in [0.2, 0.25) is 0 Å². The second-order valence-corrected chi connectivity index (χ2v) is 9.25. The van der Waals surface area contributed by atoms with E-state index in [1.807, 2.05) is 0 Å². The zero-order valence-electron chi connectivity index (χ0n) is 18.6. The number of carbonyl (C=O) groups is 1. The summed E-state index contributed by atoms with van der Waals surface area (Å²) in [4.78, 5) is 30.0. The summed E-state index contributed by atoms with van der Waals surface area (Å²) in [6.45, 7) is 4.51. The Morgan fingerprint density at radius 1 is 1.15 bits per heavy atom. The van der Waals surface area contributed by atoms with Crippen LogP contribution in [0, 0.1) is 5.92 Å². The average Bonchev–Trinajstić information content (AvgIpc) is 3.44. The van der Waals surface area contributed by atoms with E-state index in [9.17, 15) is 9.59 Å². The van der Waals surface area contributed by atoms with E-state index >= 15 is 0 Å². The molecule has 0 saturated heterocycles. The summed E-state index contributed by atoms with van der Waals surface area (Å²) in [5, 5.41) is 8.08. The number of nitrogens with one attached hydrogen (secondary N) is 1. The molecule has 1 aliphatic heterocycles. The van der Waals surface area contributed by atoms with Crippen molar-refractivity contribution in [1.82, 2.24) is 14.6 Å². The lowest BCUT2D eigenvalue weighted by Crippen LogP contribution is -2.16. The van der Waals surface area contributed by atoms with Crippen LogP contribution < -0.4 is 25.1 Å². The Labute approximate surface area is 198 Å². The van der Waals surface area contributed by atoms with Gasteiger partial charge in [0.25, 0.3) is 11.5 Å². The summed E-state index contributed by atoms with van der Waals surface area (Å²) in [5.74, 6) is 1.96. The first-order valence-electron chi connectivity index (χ1n) is 10.8. The van der Waals surface area contributed by atoms with Crippen LogP contribution in [0.4, 0.5) is 5.69 Å². The molecule has 34 heavy (non-hydrogen) atoms. The lowest BCUT2D eigenvalue weighted by molar-refractivity contribution is 0.102. The molecule has 5 rings (SSSR count). The highest BCUT2D eigenvalue weighted by atomic mass is 32.1. The van der Waals surface area contributed by atoms with Gasteiger partial charge >= 0.3 is 0 Å². The van der Waals surface area contributed by atoms with Gasteiger partial charge in [-0.2, -0.15) is 9.61 Å². The molecule has 1 amide bonds. The highest BCUT2D eigenvalue weighted by Crippen LogP contribution is 2.32. The molecule has 1 aliphatic rings. The van der Waals surface area contributed by atoms with E-state index in [-0.39, 0.29) is 24.9 Å². The molecule has 2 aromatic heterocycles. The van der Waals surface area contributed by atoms with Crippen LogP contribution >= 0.6 is 11.3 Å². The molecule has 0 bridgehead atoms. The van der Waals surface area contributed by atoms with E-state index in [1.165, 1.54) is 21.9 Å². The number of amides is 1. The van der Waals surface area contributed by atoms with Crippen LogP contribution in [0.1, 0.15) is 34.9 Å². The third-order valence-electron chi connectivity index (χ3n) is 5.06. The van der Waals surface area contributed by atoms with Gasteiger partial charge in [-0.3, -0.25) is 9.59 Å². The third-order valence-corrected chi connectivity index (χ3v) is 5.99. The van der Waals surface area contributed by atoms with Gasteiger partial charge in [0.2, 0.25) is 11.8 Å². The summed E-state index contributed by atoms with van der Waals surface area (Å²) >= 11 is 1.42. The minimum absolute atomic E-state index is 0.145. The minimum Gasteiger partial charge on any atom is -0.487 e. The van der Waals surface area contributed by atoms with Crippen LogP contribution in [0.5, 0.6) is 17.2 Å². The Balaban J connectivity index is 1.22. The number of hydrogen-bond donors (Lipinski definition) is 1. The topological polar surface area (TPSA) is 104 Å². The fourth-order valence-electron chi connectivity index (χ4n) is 3.43. The Hall–Kier alpha value is -3.92. The average molecular weight is 479 g/mol. The highest BCUT2D eigenvalue weighted by Gasteiger charge is 2.16. The van der Waals surface area contributed by atoms with Crippen molar-refractivity contribution in [3.63, 3.8) is 0 Å².